The van der Waals surface area contributed by atoms with Gasteiger partial charge < -0.3 is 14.6 Å². The van der Waals surface area contributed by atoms with E-state index < -0.39 is 6.10 Å². The Kier molecular flexibility index (Phi) is 61.3. The number of esters is 2. The summed E-state index contributed by atoms with van der Waals surface area (Å²) in [5.74, 6) is -0.593. The summed E-state index contributed by atoms with van der Waals surface area (Å²) < 4.78 is 10.7. The highest BCUT2D eigenvalue weighted by molar-refractivity contribution is 5.70. The summed E-state index contributed by atoms with van der Waals surface area (Å²) in [4.78, 5) is 24.5. The molecule has 0 amide bonds. The van der Waals surface area contributed by atoms with Crippen LogP contribution < -0.4 is 0 Å². The number of aliphatic hydroxyl groups is 1. The van der Waals surface area contributed by atoms with Crippen molar-refractivity contribution in [1.29, 1.82) is 0 Å². The smallest absolute Gasteiger partial charge is 0.306 e. The molecule has 422 valence electrons. The normalized spacial score (nSPS) is 12.4. The number of carbonyl (C=O) groups is 2. The van der Waals surface area contributed by atoms with Crippen molar-refractivity contribution in [2.24, 2.45) is 0 Å². The molecule has 0 saturated carbocycles. The van der Waals surface area contributed by atoms with Crippen molar-refractivity contribution in [3.63, 3.8) is 0 Å². The second-order valence-electron chi connectivity index (χ2n) is 21.8. The van der Waals surface area contributed by atoms with Gasteiger partial charge in [-0.15, -0.1) is 0 Å². The SMILES string of the molecule is CC/C=C\C/C=C\C/C=C\C/C=C\CCCCCCCCC(=O)OC(CO)COC(=O)CCCCCCCCCCCCCCCCCCCCCCCCCCCCCCCCCCCCCCCCC. The zero-order chi connectivity index (χ0) is 52.0. The number of hydrogen-bond donors (Lipinski definition) is 1. The molecule has 0 aromatic carbocycles. The van der Waals surface area contributed by atoms with Crippen LogP contribution in [0.15, 0.2) is 48.6 Å². The van der Waals surface area contributed by atoms with Crippen LogP contribution in [-0.4, -0.2) is 36.4 Å². The van der Waals surface area contributed by atoms with Crippen molar-refractivity contribution in [3.8, 4) is 0 Å². The zero-order valence-corrected chi connectivity index (χ0v) is 48.5. The number of hydrogen-bond acceptors (Lipinski definition) is 5. The van der Waals surface area contributed by atoms with Gasteiger partial charge in [-0.1, -0.05) is 332 Å². The van der Waals surface area contributed by atoms with Gasteiger partial charge in [0.2, 0.25) is 0 Å². The van der Waals surface area contributed by atoms with E-state index in [1.165, 1.54) is 250 Å². The minimum Gasteiger partial charge on any atom is -0.462 e. The first-order valence-electron chi connectivity index (χ1n) is 32.2. The molecule has 0 radical (unpaired) electrons. The molecule has 0 aliphatic heterocycles. The molecule has 1 atom stereocenters. The molecule has 0 heterocycles. The van der Waals surface area contributed by atoms with E-state index in [0.717, 1.165) is 70.6 Å². The Labute approximate surface area is 449 Å². The Morgan fingerprint density at radius 3 is 0.903 bits per heavy atom. The molecule has 5 nitrogen and oxygen atoms in total. The molecule has 0 aromatic rings. The molecule has 0 saturated heterocycles. The van der Waals surface area contributed by atoms with E-state index in [4.69, 9.17) is 9.47 Å². The maximum absolute atomic E-state index is 12.3. The molecular formula is C67H124O5. The molecule has 72 heavy (non-hydrogen) atoms. The van der Waals surface area contributed by atoms with Gasteiger partial charge in [0.1, 0.15) is 6.61 Å². The molecule has 5 heteroatoms. The predicted molar refractivity (Wildman–Crippen MR) is 316 cm³/mol. The highest BCUT2D eigenvalue weighted by Gasteiger charge is 2.16. The fourth-order valence-electron chi connectivity index (χ4n) is 9.85. The summed E-state index contributed by atoms with van der Waals surface area (Å²) in [5, 5.41) is 9.66. The fourth-order valence-corrected chi connectivity index (χ4v) is 9.85. The molecule has 0 bridgehead atoms. The molecular weight excluding hydrogens is 885 g/mol. The van der Waals surface area contributed by atoms with Crippen molar-refractivity contribution in [1.82, 2.24) is 0 Å². The Morgan fingerprint density at radius 2 is 0.597 bits per heavy atom. The first-order valence-corrected chi connectivity index (χ1v) is 32.2. The van der Waals surface area contributed by atoms with Crippen LogP contribution in [0.3, 0.4) is 0 Å². The molecule has 0 spiro atoms. The Balaban J connectivity index is 3.37. The summed E-state index contributed by atoms with van der Waals surface area (Å²) in [6, 6.07) is 0. The van der Waals surface area contributed by atoms with Crippen LogP contribution in [-0.2, 0) is 19.1 Å². The van der Waals surface area contributed by atoms with Crippen LogP contribution in [0.2, 0.25) is 0 Å². The summed E-state index contributed by atoms with van der Waals surface area (Å²) in [5.41, 5.74) is 0. The fraction of sp³-hybridized carbons (Fsp3) is 0.851. The lowest BCUT2D eigenvalue weighted by Gasteiger charge is -2.15. The molecule has 1 unspecified atom stereocenters. The average molecular weight is 1010 g/mol. The van der Waals surface area contributed by atoms with Gasteiger partial charge >= 0.3 is 11.9 Å². The molecule has 0 aliphatic rings. The highest BCUT2D eigenvalue weighted by Crippen LogP contribution is 2.19. The number of ether oxygens (including phenoxy) is 2. The van der Waals surface area contributed by atoms with Crippen LogP contribution in [0.1, 0.15) is 348 Å². The molecule has 1 N–H and O–H groups in total. The van der Waals surface area contributed by atoms with Crippen LogP contribution in [0.5, 0.6) is 0 Å². The number of unbranched alkanes of at least 4 members (excludes halogenated alkanes) is 44. The zero-order valence-electron chi connectivity index (χ0n) is 48.5. The third-order valence-electron chi connectivity index (χ3n) is 14.6. The van der Waals surface area contributed by atoms with E-state index >= 15 is 0 Å². The van der Waals surface area contributed by atoms with E-state index in [9.17, 15) is 14.7 Å². The van der Waals surface area contributed by atoms with Crippen molar-refractivity contribution < 1.29 is 24.2 Å². The van der Waals surface area contributed by atoms with Crippen LogP contribution in [0, 0.1) is 0 Å². The number of aliphatic hydroxyl groups excluding tert-OH is 1. The minimum absolute atomic E-state index is 0.0694. The van der Waals surface area contributed by atoms with E-state index in [2.05, 4.69) is 62.5 Å². The third-order valence-corrected chi connectivity index (χ3v) is 14.6. The van der Waals surface area contributed by atoms with E-state index in [1.807, 2.05) is 0 Å². The maximum atomic E-state index is 12.3. The molecule has 0 rings (SSSR count). The van der Waals surface area contributed by atoms with Gasteiger partial charge in [-0.2, -0.15) is 0 Å². The summed E-state index contributed by atoms with van der Waals surface area (Å²) in [7, 11) is 0. The molecule has 0 fully saturated rings. The van der Waals surface area contributed by atoms with Crippen LogP contribution >= 0.6 is 0 Å². The number of rotatable bonds is 60. The average Bonchev–Trinajstić information content (AvgIpc) is 3.38. The third kappa shape index (κ3) is 60.4. The summed E-state index contributed by atoms with van der Waals surface area (Å²) in [6.07, 6.45) is 84.3. The second-order valence-corrected chi connectivity index (χ2v) is 21.8. The van der Waals surface area contributed by atoms with E-state index in [-0.39, 0.29) is 25.2 Å². The lowest BCUT2D eigenvalue weighted by Crippen LogP contribution is -2.28. The Hall–Kier alpha value is -2.14. The van der Waals surface area contributed by atoms with Gasteiger partial charge in [0.25, 0.3) is 0 Å². The largest absolute Gasteiger partial charge is 0.462 e. The van der Waals surface area contributed by atoms with Crippen molar-refractivity contribution in [3.05, 3.63) is 48.6 Å². The lowest BCUT2D eigenvalue weighted by atomic mass is 10.0. The Bertz CT molecular complexity index is 1190. The monoisotopic (exact) mass is 1010 g/mol. The van der Waals surface area contributed by atoms with Crippen molar-refractivity contribution in [2.75, 3.05) is 13.2 Å². The minimum atomic E-state index is -0.780. The van der Waals surface area contributed by atoms with Gasteiger partial charge in [-0.3, -0.25) is 9.59 Å². The quantitative estimate of drug-likeness (QED) is 0.0373. The molecule has 0 aliphatic carbocycles. The van der Waals surface area contributed by atoms with Crippen molar-refractivity contribution >= 4 is 11.9 Å². The van der Waals surface area contributed by atoms with Gasteiger partial charge in [0, 0.05) is 12.8 Å². The maximum Gasteiger partial charge on any atom is 0.306 e. The first-order chi connectivity index (χ1) is 35.6. The van der Waals surface area contributed by atoms with E-state index in [0.29, 0.717) is 12.8 Å². The predicted octanol–water partition coefficient (Wildman–Crippen LogP) is 22.0. The van der Waals surface area contributed by atoms with Gasteiger partial charge in [-0.25, -0.2) is 0 Å². The van der Waals surface area contributed by atoms with Crippen LogP contribution in [0.25, 0.3) is 0 Å². The van der Waals surface area contributed by atoms with Crippen LogP contribution in [0.4, 0.5) is 0 Å². The number of carbonyl (C=O) groups excluding carboxylic acids is 2. The second kappa shape index (κ2) is 63.2. The topological polar surface area (TPSA) is 72.8 Å². The van der Waals surface area contributed by atoms with Gasteiger partial charge in [-0.05, 0) is 51.4 Å². The Morgan fingerprint density at radius 1 is 0.333 bits per heavy atom. The van der Waals surface area contributed by atoms with E-state index in [1.54, 1.807) is 0 Å². The standard InChI is InChI=1S/C67H124O5/c1-3-5-7-9-11-13-15-17-19-21-23-24-25-26-27-28-29-30-31-32-33-34-35-36-37-38-39-40-41-42-44-45-47-49-51-53-55-57-59-61-66(69)71-64-65(63-68)72-67(70)62-60-58-56-54-52-50-48-46-43-22-20-18-16-14-12-10-8-6-4-2/h6,8,12,14,18,20,43,46,65,68H,3-5,7,9-11,13,15-17,19,21-42,44-45,47-64H2,1-2H3/b8-6-,14-12-,20-18-,46-43-. The number of allylic oxidation sites excluding steroid dienone is 8. The van der Waals surface area contributed by atoms with Crippen molar-refractivity contribution in [2.45, 2.75) is 354 Å². The van der Waals surface area contributed by atoms with Gasteiger partial charge in [0.05, 0.1) is 6.61 Å². The highest BCUT2D eigenvalue weighted by atomic mass is 16.6. The lowest BCUT2D eigenvalue weighted by molar-refractivity contribution is -0.161. The summed E-state index contributed by atoms with van der Waals surface area (Å²) in [6.45, 7) is 4.06. The summed E-state index contributed by atoms with van der Waals surface area (Å²) >= 11 is 0. The molecule has 0 aromatic heterocycles. The van der Waals surface area contributed by atoms with Gasteiger partial charge in [0.15, 0.2) is 6.10 Å². The first kappa shape index (κ1) is 69.9.